The van der Waals surface area contributed by atoms with E-state index in [-0.39, 0.29) is 12.1 Å². The van der Waals surface area contributed by atoms with Crippen molar-refractivity contribution < 1.29 is 14.3 Å². The Labute approximate surface area is 179 Å². The summed E-state index contributed by atoms with van der Waals surface area (Å²) in [5, 5.41) is 7.16. The second kappa shape index (κ2) is 9.38. The Kier molecular flexibility index (Phi) is 6.64. The highest BCUT2D eigenvalue weighted by Gasteiger charge is 2.17. The first-order valence-corrected chi connectivity index (χ1v) is 9.95. The molecule has 1 amide bonds. The Hall–Kier alpha value is -3.75. The van der Waals surface area contributed by atoms with E-state index in [4.69, 9.17) is 0 Å². The molecule has 2 aromatic heterocycles. The van der Waals surface area contributed by atoms with Crippen molar-refractivity contribution in [3.05, 3.63) is 69.4 Å². The van der Waals surface area contributed by atoms with Crippen molar-refractivity contribution in [1.82, 2.24) is 19.3 Å². The summed E-state index contributed by atoms with van der Waals surface area (Å²) in [5.41, 5.74) is 2.80. The Bertz CT molecular complexity index is 1160. The zero-order valence-electron chi connectivity index (χ0n) is 18.0. The lowest BCUT2D eigenvalue weighted by molar-refractivity contribution is -0.116. The van der Waals surface area contributed by atoms with Crippen molar-refractivity contribution in [2.45, 2.75) is 40.2 Å². The summed E-state index contributed by atoms with van der Waals surface area (Å²) in [5.74, 6) is -0.560. The fraction of sp³-hybridized carbons (Fsp3) is 0.318. The van der Waals surface area contributed by atoms with Crippen molar-refractivity contribution in [2.75, 3.05) is 12.4 Å². The molecule has 0 saturated heterocycles. The van der Waals surface area contributed by atoms with Crippen molar-refractivity contribution in [3.63, 3.8) is 0 Å². The van der Waals surface area contributed by atoms with Crippen molar-refractivity contribution in [3.8, 4) is 5.95 Å². The summed E-state index contributed by atoms with van der Waals surface area (Å²) < 4.78 is 7.54. The van der Waals surface area contributed by atoms with Crippen LogP contribution in [-0.4, -0.2) is 38.3 Å². The maximum atomic E-state index is 12.8. The van der Waals surface area contributed by atoms with Crippen LogP contribution < -0.4 is 10.9 Å². The van der Waals surface area contributed by atoms with Gasteiger partial charge in [0.2, 0.25) is 11.9 Å². The van der Waals surface area contributed by atoms with Gasteiger partial charge in [0.15, 0.2) is 0 Å². The number of benzene rings is 1. The molecule has 162 valence electrons. The normalized spacial score (nSPS) is 10.7. The number of hydrogen-bond donors (Lipinski definition) is 1. The summed E-state index contributed by atoms with van der Waals surface area (Å²) in [6.45, 7) is 5.50. The molecule has 9 nitrogen and oxygen atoms in total. The maximum absolute atomic E-state index is 12.8. The average Bonchev–Trinajstić information content (AvgIpc) is 3.07. The second-order valence-corrected chi connectivity index (χ2v) is 7.18. The first-order valence-electron chi connectivity index (χ1n) is 9.95. The number of anilines is 1. The third-order valence-electron chi connectivity index (χ3n) is 4.64. The van der Waals surface area contributed by atoms with E-state index in [1.54, 1.807) is 28.9 Å². The molecule has 0 saturated carbocycles. The lowest BCUT2D eigenvalue weighted by Gasteiger charge is -2.14. The number of methoxy groups -OCH3 is 1. The third kappa shape index (κ3) is 5.06. The minimum absolute atomic E-state index is 0.231. The minimum atomic E-state index is -0.461. The Balaban J connectivity index is 1.89. The van der Waals surface area contributed by atoms with Gasteiger partial charge in [0.05, 0.1) is 18.4 Å². The zero-order chi connectivity index (χ0) is 22.5. The fourth-order valence-electron chi connectivity index (χ4n) is 3.22. The van der Waals surface area contributed by atoms with Gasteiger partial charge in [-0.2, -0.15) is 5.10 Å². The highest BCUT2D eigenvalue weighted by Crippen LogP contribution is 2.13. The summed E-state index contributed by atoms with van der Waals surface area (Å²) in [7, 11) is 1.30. The number of nitrogens with zero attached hydrogens (tertiary/aromatic N) is 4. The molecule has 0 fully saturated rings. The molecule has 0 aliphatic heterocycles. The number of aryl methyl sites for hydroxylation is 3. The Morgan fingerprint density at radius 3 is 2.42 bits per heavy atom. The van der Waals surface area contributed by atoms with Gasteiger partial charge in [0.1, 0.15) is 6.54 Å². The SMILES string of the molecule is CCCc1cc(=O)n(CC(=O)Nc2ccc(C(=O)OC)cc2)c(-n2nc(C)cc2C)n1. The van der Waals surface area contributed by atoms with E-state index >= 15 is 0 Å². The number of hydrogen-bond acceptors (Lipinski definition) is 6. The molecule has 9 heteroatoms. The highest BCUT2D eigenvalue weighted by molar-refractivity contribution is 5.93. The molecular weight excluding hydrogens is 398 g/mol. The van der Waals surface area contributed by atoms with Crippen LogP contribution in [-0.2, 0) is 22.5 Å². The monoisotopic (exact) mass is 423 g/mol. The quantitative estimate of drug-likeness (QED) is 0.585. The summed E-state index contributed by atoms with van der Waals surface area (Å²) >= 11 is 0. The van der Waals surface area contributed by atoms with Crippen molar-refractivity contribution >= 4 is 17.6 Å². The van der Waals surface area contributed by atoms with Gasteiger partial charge in [0.25, 0.3) is 5.56 Å². The number of ether oxygens (including phenoxy) is 1. The van der Waals surface area contributed by atoms with E-state index in [2.05, 4.69) is 20.1 Å². The molecule has 1 aromatic carbocycles. The van der Waals surface area contributed by atoms with Crippen LogP contribution in [0.3, 0.4) is 0 Å². The predicted molar refractivity (Wildman–Crippen MR) is 115 cm³/mol. The van der Waals surface area contributed by atoms with Gasteiger partial charge in [-0.15, -0.1) is 0 Å². The van der Waals surface area contributed by atoms with Gasteiger partial charge in [-0.25, -0.2) is 14.5 Å². The minimum Gasteiger partial charge on any atom is -0.465 e. The van der Waals surface area contributed by atoms with E-state index in [1.807, 2.05) is 26.8 Å². The van der Waals surface area contributed by atoms with E-state index < -0.39 is 11.9 Å². The standard InChI is InChI=1S/C22H25N5O4/c1-5-6-18-12-20(29)26(22(24-18)27-15(3)11-14(2)25-27)13-19(28)23-17-9-7-16(8-10-17)21(30)31-4/h7-12H,5-6,13H2,1-4H3,(H,23,28). The van der Waals surface area contributed by atoms with Crippen LogP contribution in [0.2, 0.25) is 0 Å². The number of esters is 1. The second-order valence-electron chi connectivity index (χ2n) is 7.18. The molecule has 3 rings (SSSR count). The van der Waals surface area contributed by atoms with Crippen LogP contribution in [0.15, 0.2) is 41.2 Å². The summed E-state index contributed by atoms with van der Waals surface area (Å²) in [6.07, 6.45) is 1.50. The smallest absolute Gasteiger partial charge is 0.337 e. The van der Waals surface area contributed by atoms with Gasteiger partial charge in [0, 0.05) is 23.1 Å². The van der Waals surface area contributed by atoms with Crippen LogP contribution in [0.4, 0.5) is 5.69 Å². The molecular formula is C22H25N5O4. The fourth-order valence-corrected chi connectivity index (χ4v) is 3.22. The number of amides is 1. The van der Waals surface area contributed by atoms with Gasteiger partial charge in [-0.1, -0.05) is 13.3 Å². The van der Waals surface area contributed by atoms with Crippen LogP contribution in [0.1, 0.15) is 40.8 Å². The topological polar surface area (TPSA) is 108 Å². The molecule has 0 atom stereocenters. The van der Waals surface area contributed by atoms with Gasteiger partial charge < -0.3 is 10.1 Å². The molecule has 0 radical (unpaired) electrons. The maximum Gasteiger partial charge on any atom is 0.337 e. The molecule has 0 spiro atoms. The summed E-state index contributed by atoms with van der Waals surface area (Å²) in [6, 6.07) is 9.63. The molecule has 3 aromatic rings. The van der Waals surface area contributed by atoms with E-state index in [0.29, 0.717) is 29.3 Å². The lowest BCUT2D eigenvalue weighted by Crippen LogP contribution is -2.32. The van der Waals surface area contributed by atoms with Crippen molar-refractivity contribution in [1.29, 1.82) is 0 Å². The molecule has 0 aliphatic rings. The Morgan fingerprint density at radius 1 is 1.13 bits per heavy atom. The molecule has 31 heavy (non-hydrogen) atoms. The largest absolute Gasteiger partial charge is 0.465 e. The van der Waals surface area contributed by atoms with E-state index in [1.165, 1.54) is 17.7 Å². The molecule has 1 N–H and O–H groups in total. The average molecular weight is 423 g/mol. The van der Waals surface area contributed by atoms with Crippen LogP contribution >= 0.6 is 0 Å². The predicted octanol–water partition coefficient (Wildman–Crippen LogP) is 2.42. The van der Waals surface area contributed by atoms with Crippen LogP contribution in [0, 0.1) is 13.8 Å². The lowest BCUT2D eigenvalue weighted by atomic mass is 10.2. The first-order chi connectivity index (χ1) is 14.8. The van der Waals surface area contributed by atoms with Crippen molar-refractivity contribution in [2.24, 2.45) is 0 Å². The molecule has 0 bridgehead atoms. The number of aromatic nitrogens is 4. The van der Waals surface area contributed by atoms with Gasteiger partial charge in [-0.05, 0) is 50.6 Å². The van der Waals surface area contributed by atoms with Crippen LogP contribution in [0.25, 0.3) is 5.95 Å². The number of rotatable bonds is 7. The number of carbonyl (C=O) groups is 2. The first kappa shape index (κ1) is 21.9. The van der Waals surface area contributed by atoms with E-state index in [0.717, 1.165) is 17.8 Å². The zero-order valence-corrected chi connectivity index (χ0v) is 18.0. The number of nitrogens with one attached hydrogen (secondary N) is 1. The highest BCUT2D eigenvalue weighted by atomic mass is 16.5. The number of carbonyl (C=O) groups excluding carboxylic acids is 2. The van der Waals surface area contributed by atoms with Gasteiger partial charge >= 0.3 is 5.97 Å². The Morgan fingerprint density at radius 2 is 1.84 bits per heavy atom. The molecule has 0 unspecified atom stereocenters. The summed E-state index contributed by atoms with van der Waals surface area (Å²) in [4.78, 5) is 41.6. The molecule has 2 heterocycles. The third-order valence-corrected chi connectivity index (χ3v) is 4.64. The van der Waals surface area contributed by atoms with E-state index in [9.17, 15) is 14.4 Å². The van der Waals surface area contributed by atoms with Crippen LogP contribution in [0.5, 0.6) is 0 Å². The van der Waals surface area contributed by atoms with Gasteiger partial charge in [-0.3, -0.25) is 14.2 Å². The molecule has 0 aliphatic carbocycles.